The van der Waals surface area contributed by atoms with Gasteiger partial charge in [0.1, 0.15) is 0 Å². The molecule has 0 radical (unpaired) electrons. The fourth-order valence-electron chi connectivity index (χ4n) is 1.45. The van der Waals surface area contributed by atoms with Gasteiger partial charge in [0, 0.05) is 6.04 Å². The van der Waals surface area contributed by atoms with E-state index in [4.69, 9.17) is 5.73 Å². The van der Waals surface area contributed by atoms with Crippen LogP contribution >= 0.6 is 0 Å². The number of hydrogen-bond donors (Lipinski definition) is 2. The smallest absolute Gasteiger partial charge is 0.00386 e. The summed E-state index contributed by atoms with van der Waals surface area (Å²) in [6.07, 6.45) is 5.06. The molecule has 0 bridgehead atoms. The second-order valence-electron chi connectivity index (χ2n) is 4.13. The summed E-state index contributed by atoms with van der Waals surface area (Å²) in [5.74, 6) is 0.684. The van der Waals surface area contributed by atoms with E-state index in [9.17, 15) is 0 Å². The van der Waals surface area contributed by atoms with Crippen LogP contribution in [0.1, 0.15) is 60.3 Å². The molecule has 94 valence electrons. The minimum Gasteiger partial charge on any atom is -0.330 e. The molecule has 0 aliphatic rings. The maximum atomic E-state index is 5.54. The van der Waals surface area contributed by atoms with Gasteiger partial charge in [-0.2, -0.15) is 0 Å². The van der Waals surface area contributed by atoms with Crippen LogP contribution in [0.3, 0.4) is 0 Å². The number of nitrogens with one attached hydrogen (secondary N) is 1. The van der Waals surface area contributed by atoms with Gasteiger partial charge in [-0.25, -0.2) is 0 Å². The Bertz CT molecular complexity index is 105. The van der Waals surface area contributed by atoms with Crippen LogP contribution in [0.2, 0.25) is 0 Å². The maximum Gasteiger partial charge on any atom is 0.00386 e. The standard InChI is InChI=1S/C11H26N2.C2H6/c1-4-6-11(3)13-8-5-7-10(2)9-12;1-2/h10-11,13H,4-9,12H2,1-3H3;1-2H3. The van der Waals surface area contributed by atoms with Crippen LogP contribution in [-0.2, 0) is 0 Å². The van der Waals surface area contributed by atoms with E-state index in [0.717, 1.165) is 13.1 Å². The first-order valence-electron chi connectivity index (χ1n) is 6.64. The molecule has 0 saturated carbocycles. The van der Waals surface area contributed by atoms with E-state index in [1.807, 2.05) is 13.8 Å². The van der Waals surface area contributed by atoms with Crippen molar-refractivity contribution in [2.45, 2.75) is 66.3 Å². The molecule has 2 heteroatoms. The van der Waals surface area contributed by atoms with Gasteiger partial charge >= 0.3 is 0 Å². The van der Waals surface area contributed by atoms with E-state index >= 15 is 0 Å². The number of hydrogen-bond acceptors (Lipinski definition) is 2. The van der Waals surface area contributed by atoms with E-state index in [1.54, 1.807) is 0 Å². The molecule has 0 amide bonds. The Kier molecular flexibility index (Phi) is 16.1. The minimum absolute atomic E-state index is 0.679. The largest absolute Gasteiger partial charge is 0.330 e. The van der Waals surface area contributed by atoms with E-state index in [1.165, 1.54) is 25.7 Å². The molecule has 0 aromatic carbocycles. The van der Waals surface area contributed by atoms with Crippen molar-refractivity contribution in [3.05, 3.63) is 0 Å². The fraction of sp³-hybridized carbons (Fsp3) is 1.00. The molecule has 0 fully saturated rings. The number of rotatable bonds is 8. The molecule has 0 saturated heterocycles. The first kappa shape index (κ1) is 17.3. The third-order valence-electron chi connectivity index (χ3n) is 2.49. The Labute approximate surface area is 97.0 Å². The fourth-order valence-corrected chi connectivity index (χ4v) is 1.45. The lowest BCUT2D eigenvalue weighted by molar-refractivity contribution is 0.460. The quantitative estimate of drug-likeness (QED) is 0.612. The molecule has 0 aliphatic heterocycles. The molecule has 0 aromatic heterocycles. The molecule has 2 nitrogen and oxygen atoms in total. The van der Waals surface area contributed by atoms with Crippen LogP contribution < -0.4 is 11.1 Å². The zero-order chi connectivity index (χ0) is 12.1. The van der Waals surface area contributed by atoms with E-state index in [-0.39, 0.29) is 0 Å². The molecule has 2 unspecified atom stereocenters. The van der Waals surface area contributed by atoms with Crippen molar-refractivity contribution < 1.29 is 0 Å². The zero-order valence-electron chi connectivity index (χ0n) is 11.5. The molecule has 15 heavy (non-hydrogen) atoms. The highest BCUT2D eigenvalue weighted by molar-refractivity contribution is 4.60. The van der Waals surface area contributed by atoms with Crippen molar-refractivity contribution >= 4 is 0 Å². The highest BCUT2D eigenvalue weighted by Gasteiger charge is 2.00. The Morgan fingerprint density at radius 2 is 1.73 bits per heavy atom. The first-order valence-corrected chi connectivity index (χ1v) is 6.64. The Balaban J connectivity index is 0. The van der Waals surface area contributed by atoms with Crippen LogP contribution in [0, 0.1) is 5.92 Å². The maximum absolute atomic E-state index is 5.54. The average Bonchev–Trinajstić information content (AvgIpc) is 2.27. The summed E-state index contributed by atoms with van der Waals surface area (Å²) in [6.45, 7) is 12.7. The molecule has 3 N–H and O–H groups in total. The average molecular weight is 216 g/mol. The van der Waals surface area contributed by atoms with Crippen LogP contribution in [0.5, 0.6) is 0 Å². The van der Waals surface area contributed by atoms with E-state index in [0.29, 0.717) is 12.0 Å². The highest BCUT2D eigenvalue weighted by Crippen LogP contribution is 2.02. The van der Waals surface area contributed by atoms with Crippen LogP contribution in [-0.4, -0.2) is 19.1 Å². The van der Waals surface area contributed by atoms with Gasteiger partial charge in [-0.1, -0.05) is 34.1 Å². The molecule has 0 spiro atoms. The van der Waals surface area contributed by atoms with E-state index in [2.05, 4.69) is 26.1 Å². The van der Waals surface area contributed by atoms with Gasteiger partial charge in [-0.15, -0.1) is 0 Å². The summed E-state index contributed by atoms with van der Waals surface area (Å²) in [7, 11) is 0. The first-order chi connectivity index (χ1) is 7.20. The summed E-state index contributed by atoms with van der Waals surface area (Å²) in [4.78, 5) is 0. The predicted molar refractivity (Wildman–Crippen MR) is 71.2 cm³/mol. The highest BCUT2D eigenvalue weighted by atomic mass is 14.9. The van der Waals surface area contributed by atoms with Crippen LogP contribution in [0.15, 0.2) is 0 Å². The topological polar surface area (TPSA) is 38.0 Å². The molecule has 0 rings (SSSR count). The van der Waals surface area contributed by atoms with Crippen molar-refractivity contribution in [1.82, 2.24) is 5.32 Å². The van der Waals surface area contributed by atoms with Gasteiger partial charge in [0.2, 0.25) is 0 Å². The van der Waals surface area contributed by atoms with Crippen molar-refractivity contribution in [3.63, 3.8) is 0 Å². The van der Waals surface area contributed by atoms with Crippen molar-refractivity contribution in [2.24, 2.45) is 11.7 Å². The predicted octanol–water partition coefficient (Wildman–Crippen LogP) is 3.17. The van der Waals surface area contributed by atoms with Gasteiger partial charge in [-0.3, -0.25) is 0 Å². The van der Waals surface area contributed by atoms with E-state index < -0.39 is 0 Å². The molecule has 0 aliphatic carbocycles. The number of nitrogens with two attached hydrogens (primary N) is 1. The van der Waals surface area contributed by atoms with Crippen LogP contribution in [0.4, 0.5) is 0 Å². The van der Waals surface area contributed by atoms with Gasteiger partial charge in [0.15, 0.2) is 0 Å². The lowest BCUT2D eigenvalue weighted by Crippen LogP contribution is -2.27. The third-order valence-corrected chi connectivity index (χ3v) is 2.49. The van der Waals surface area contributed by atoms with Crippen LogP contribution in [0.25, 0.3) is 0 Å². The Hall–Kier alpha value is -0.0800. The molecule has 0 aromatic rings. The molecule has 2 atom stereocenters. The Morgan fingerprint density at radius 3 is 2.20 bits per heavy atom. The lowest BCUT2D eigenvalue weighted by Gasteiger charge is -2.13. The summed E-state index contributed by atoms with van der Waals surface area (Å²) < 4.78 is 0. The second-order valence-corrected chi connectivity index (χ2v) is 4.13. The SMILES string of the molecule is CC.CCCC(C)NCCCC(C)CN. The summed E-state index contributed by atoms with van der Waals surface area (Å²) >= 11 is 0. The summed E-state index contributed by atoms with van der Waals surface area (Å²) in [5.41, 5.74) is 5.54. The van der Waals surface area contributed by atoms with Crippen molar-refractivity contribution in [1.29, 1.82) is 0 Å². The third kappa shape index (κ3) is 13.9. The lowest BCUT2D eigenvalue weighted by atomic mass is 10.1. The zero-order valence-corrected chi connectivity index (χ0v) is 11.5. The Morgan fingerprint density at radius 1 is 1.13 bits per heavy atom. The van der Waals surface area contributed by atoms with Gasteiger partial charge in [-0.05, 0) is 45.2 Å². The van der Waals surface area contributed by atoms with Gasteiger partial charge in [0.05, 0.1) is 0 Å². The second kappa shape index (κ2) is 13.9. The van der Waals surface area contributed by atoms with Crippen molar-refractivity contribution in [3.8, 4) is 0 Å². The molecule has 0 heterocycles. The van der Waals surface area contributed by atoms with Crippen molar-refractivity contribution in [2.75, 3.05) is 13.1 Å². The molecular weight excluding hydrogens is 184 g/mol. The van der Waals surface area contributed by atoms with Gasteiger partial charge in [0.25, 0.3) is 0 Å². The van der Waals surface area contributed by atoms with Gasteiger partial charge < -0.3 is 11.1 Å². The summed E-state index contributed by atoms with van der Waals surface area (Å²) in [5, 5.41) is 3.52. The molecular formula is C13H32N2. The summed E-state index contributed by atoms with van der Waals surface area (Å²) in [6, 6.07) is 0.679. The monoisotopic (exact) mass is 216 g/mol. The normalized spacial score (nSPS) is 14.0. The minimum atomic E-state index is 0.679.